The highest BCUT2D eigenvalue weighted by Crippen LogP contribution is 2.36. The van der Waals surface area contributed by atoms with Crippen molar-refractivity contribution in [2.75, 3.05) is 5.32 Å². The standard InChI is InChI=1S/C22H15Cl2N3OS2/c23-15-3-6-17-18(12-15)30-20(19(17)24)21(28)27-22(29)26-16-4-1-13(2-5-16)11-14-7-9-25-10-8-14/h1-10,12H,11H2,(H2,26,27,28,29). The predicted octanol–water partition coefficient (Wildman–Crippen LogP) is 6.32. The monoisotopic (exact) mass is 471 g/mol. The molecular formula is C22H15Cl2N3OS2. The summed E-state index contributed by atoms with van der Waals surface area (Å²) in [6, 6.07) is 17.2. The molecule has 1 amide bonds. The number of nitrogens with zero attached hydrogens (tertiary/aromatic N) is 1. The average Bonchev–Trinajstić information content (AvgIpc) is 3.06. The fourth-order valence-corrected chi connectivity index (χ4v) is 4.85. The van der Waals surface area contributed by atoms with Crippen LogP contribution in [0.25, 0.3) is 10.1 Å². The van der Waals surface area contributed by atoms with E-state index in [1.165, 1.54) is 16.9 Å². The van der Waals surface area contributed by atoms with Crippen molar-refractivity contribution in [1.82, 2.24) is 10.3 Å². The van der Waals surface area contributed by atoms with Crippen LogP contribution in [-0.4, -0.2) is 16.0 Å². The zero-order chi connectivity index (χ0) is 21.1. The van der Waals surface area contributed by atoms with Gasteiger partial charge >= 0.3 is 0 Å². The summed E-state index contributed by atoms with van der Waals surface area (Å²) in [7, 11) is 0. The molecule has 0 atom stereocenters. The lowest BCUT2D eigenvalue weighted by Gasteiger charge is -2.10. The number of nitrogens with one attached hydrogen (secondary N) is 2. The molecule has 2 aromatic carbocycles. The van der Waals surface area contributed by atoms with Crippen molar-refractivity contribution in [1.29, 1.82) is 0 Å². The first-order valence-corrected chi connectivity index (χ1v) is 11.0. The number of hydrogen-bond donors (Lipinski definition) is 2. The van der Waals surface area contributed by atoms with Gasteiger partial charge in [-0.15, -0.1) is 11.3 Å². The number of carbonyl (C=O) groups excluding carboxylic acids is 1. The first kappa shape index (κ1) is 20.8. The highest BCUT2D eigenvalue weighted by atomic mass is 35.5. The van der Waals surface area contributed by atoms with Gasteiger partial charge in [0, 0.05) is 33.2 Å². The van der Waals surface area contributed by atoms with Crippen LogP contribution in [-0.2, 0) is 6.42 Å². The zero-order valence-corrected chi connectivity index (χ0v) is 18.6. The third-order valence-corrected chi connectivity index (χ3v) is 6.49. The van der Waals surface area contributed by atoms with Gasteiger partial charge in [-0.2, -0.15) is 0 Å². The molecule has 8 heteroatoms. The number of halogens is 2. The van der Waals surface area contributed by atoms with E-state index in [0.29, 0.717) is 14.9 Å². The number of hydrogen-bond acceptors (Lipinski definition) is 4. The van der Waals surface area contributed by atoms with Crippen LogP contribution >= 0.6 is 46.8 Å². The lowest BCUT2D eigenvalue weighted by molar-refractivity contribution is 0.0982. The third-order valence-electron chi connectivity index (χ3n) is 4.39. The van der Waals surface area contributed by atoms with Crippen molar-refractivity contribution < 1.29 is 4.79 Å². The van der Waals surface area contributed by atoms with Gasteiger partial charge in [0.1, 0.15) is 4.88 Å². The van der Waals surface area contributed by atoms with Gasteiger partial charge in [0.2, 0.25) is 0 Å². The number of thiophene rings is 1. The minimum absolute atomic E-state index is 0.202. The van der Waals surface area contributed by atoms with E-state index >= 15 is 0 Å². The van der Waals surface area contributed by atoms with Gasteiger partial charge in [-0.25, -0.2) is 0 Å². The maximum atomic E-state index is 12.6. The normalized spacial score (nSPS) is 10.7. The molecule has 0 saturated heterocycles. The van der Waals surface area contributed by atoms with Gasteiger partial charge in [-0.1, -0.05) is 41.4 Å². The summed E-state index contributed by atoms with van der Waals surface area (Å²) in [6.07, 6.45) is 4.38. The van der Waals surface area contributed by atoms with Crippen molar-refractivity contribution in [2.24, 2.45) is 0 Å². The molecule has 4 rings (SSSR count). The van der Waals surface area contributed by atoms with E-state index in [0.717, 1.165) is 27.8 Å². The van der Waals surface area contributed by atoms with Gasteiger partial charge in [0.05, 0.1) is 5.02 Å². The average molecular weight is 472 g/mol. The van der Waals surface area contributed by atoms with Crippen LogP contribution in [0.4, 0.5) is 5.69 Å². The molecule has 2 N–H and O–H groups in total. The van der Waals surface area contributed by atoms with Crippen LogP contribution in [0.1, 0.15) is 20.8 Å². The van der Waals surface area contributed by atoms with Gasteiger partial charge in [0.15, 0.2) is 5.11 Å². The van der Waals surface area contributed by atoms with Gasteiger partial charge in [-0.3, -0.25) is 15.1 Å². The maximum absolute atomic E-state index is 12.6. The van der Waals surface area contributed by atoms with Gasteiger partial charge in [0.25, 0.3) is 5.91 Å². The Balaban J connectivity index is 1.39. The Hall–Kier alpha value is -2.51. The molecule has 0 aliphatic carbocycles. The molecule has 0 saturated carbocycles. The molecule has 0 unspecified atom stereocenters. The Kier molecular flexibility index (Phi) is 6.29. The summed E-state index contributed by atoms with van der Waals surface area (Å²) >= 11 is 19.0. The van der Waals surface area contributed by atoms with Crippen molar-refractivity contribution in [2.45, 2.75) is 6.42 Å². The van der Waals surface area contributed by atoms with E-state index < -0.39 is 0 Å². The lowest BCUT2D eigenvalue weighted by Crippen LogP contribution is -2.33. The molecule has 150 valence electrons. The van der Waals surface area contributed by atoms with E-state index in [-0.39, 0.29) is 11.0 Å². The largest absolute Gasteiger partial charge is 0.332 e. The Morgan fingerprint density at radius 2 is 1.70 bits per heavy atom. The first-order chi connectivity index (χ1) is 14.5. The number of fused-ring (bicyclic) bond motifs is 1. The lowest BCUT2D eigenvalue weighted by atomic mass is 10.1. The van der Waals surface area contributed by atoms with Crippen molar-refractivity contribution in [3.8, 4) is 0 Å². The van der Waals surface area contributed by atoms with E-state index in [4.69, 9.17) is 35.4 Å². The van der Waals surface area contributed by atoms with E-state index in [2.05, 4.69) is 15.6 Å². The highest BCUT2D eigenvalue weighted by molar-refractivity contribution is 7.80. The minimum atomic E-state index is -0.357. The fourth-order valence-electron chi connectivity index (χ4n) is 2.95. The Morgan fingerprint density at radius 1 is 1.00 bits per heavy atom. The third kappa shape index (κ3) is 4.79. The van der Waals surface area contributed by atoms with Crippen LogP contribution in [0, 0.1) is 0 Å². The Bertz CT molecular complexity index is 1220. The molecular weight excluding hydrogens is 457 g/mol. The van der Waals surface area contributed by atoms with Crippen LogP contribution in [0.2, 0.25) is 10.0 Å². The number of benzene rings is 2. The number of carbonyl (C=O) groups is 1. The molecule has 0 spiro atoms. The van der Waals surface area contributed by atoms with Crippen molar-refractivity contribution in [3.63, 3.8) is 0 Å². The van der Waals surface area contributed by atoms with Crippen LogP contribution < -0.4 is 10.6 Å². The minimum Gasteiger partial charge on any atom is -0.332 e. The van der Waals surface area contributed by atoms with Gasteiger partial charge < -0.3 is 5.32 Å². The second-order valence-corrected chi connectivity index (χ2v) is 8.80. The molecule has 0 aliphatic heterocycles. The summed E-state index contributed by atoms with van der Waals surface area (Å²) in [5, 5.41) is 7.69. The smallest absolute Gasteiger partial charge is 0.269 e. The molecule has 0 aliphatic rings. The number of amides is 1. The van der Waals surface area contributed by atoms with E-state index in [9.17, 15) is 4.79 Å². The topological polar surface area (TPSA) is 54.0 Å². The predicted molar refractivity (Wildman–Crippen MR) is 129 cm³/mol. The van der Waals surface area contributed by atoms with E-state index in [1.807, 2.05) is 36.4 Å². The maximum Gasteiger partial charge on any atom is 0.269 e. The molecule has 2 aromatic heterocycles. The summed E-state index contributed by atoms with van der Waals surface area (Å²) in [4.78, 5) is 17.1. The summed E-state index contributed by atoms with van der Waals surface area (Å²) in [6.45, 7) is 0. The van der Waals surface area contributed by atoms with Crippen LogP contribution in [0.15, 0.2) is 67.0 Å². The summed E-state index contributed by atoms with van der Waals surface area (Å²) in [5.74, 6) is -0.357. The summed E-state index contributed by atoms with van der Waals surface area (Å²) < 4.78 is 0.848. The number of rotatable bonds is 4. The molecule has 4 aromatic rings. The molecule has 0 fully saturated rings. The van der Waals surface area contributed by atoms with Crippen molar-refractivity contribution in [3.05, 3.63) is 93.0 Å². The molecule has 30 heavy (non-hydrogen) atoms. The number of pyridine rings is 1. The second kappa shape index (κ2) is 9.10. The Labute approximate surface area is 192 Å². The van der Waals surface area contributed by atoms with E-state index in [1.54, 1.807) is 30.6 Å². The second-order valence-electron chi connectivity index (χ2n) is 6.52. The SMILES string of the molecule is O=C(NC(=S)Nc1ccc(Cc2ccncc2)cc1)c1sc2cc(Cl)ccc2c1Cl. The fraction of sp³-hybridized carbons (Fsp3) is 0.0455. The van der Waals surface area contributed by atoms with Crippen LogP contribution in [0.3, 0.4) is 0 Å². The molecule has 0 radical (unpaired) electrons. The number of aromatic nitrogens is 1. The first-order valence-electron chi connectivity index (χ1n) is 8.97. The van der Waals surface area contributed by atoms with Gasteiger partial charge in [-0.05, 0) is 66.2 Å². The highest BCUT2D eigenvalue weighted by Gasteiger charge is 2.18. The van der Waals surface area contributed by atoms with Crippen molar-refractivity contribution >= 4 is 73.5 Å². The molecule has 4 nitrogen and oxygen atoms in total. The molecule has 2 heterocycles. The quantitative estimate of drug-likeness (QED) is 0.341. The number of thiocarbonyl (C=S) groups is 1. The summed E-state index contributed by atoms with van der Waals surface area (Å²) in [5.41, 5.74) is 3.14. The number of anilines is 1. The zero-order valence-electron chi connectivity index (χ0n) is 15.5. The Morgan fingerprint density at radius 3 is 2.43 bits per heavy atom. The molecule has 0 bridgehead atoms. The van der Waals surface area contributed by atoms with Crippen LogP contribution in [0.5, 0.6) is 0 Å².